The molecule has 0 radical (unpaired) electrons. The predicted molar refractivity (Wildman–Crippen MR) is 128 cm³/mol. The fraction of sp³-hybridized carbons (Fsp3) is 0.577. The van der Waals surface area contributed by atoms with Crippen LogP contribution in [0.3, 0.4) is 0 Å². The van der Waals surface area contributed by atoms with E-state index < -0.39 is 5.60 Å². The Hall–Kier alpha value is -2.83. The minimum atomic E-state index is -0.509. The number of rotatable bonds is 3. The molecule has 2 aromatic rings. The van der Waals surface area contributed by atoms with Crippen molar-refractivity contribution in [1.82, 2.24) is 19.6 Å². The van der Waals surface area contributed by atoms with E-state index in [-0.39, 0.29) is 17.9 Å². The second kappa shape index (κ2) is 9.20. The molecular weight excluding hydrogens is 416 g/mol. The Morgan fingerprint density at radius 2 is 1.67 bits per heavy atom. The lowest BCUT2D eigenvalue weighted by molar-refractivity contribution is 0.0203. The quantitative estimate of drug-likeness (QED) is 0.668. The van der Waals surface area contributed by atoms with E-state index in [1.54, 1.807) is 11.1 Å². The van der Waals surface area contributed by atoms with E-state index in [4.69, 9.17) is 9.84 Å². The molecule has 2 fully saturated rings. The minimum Gasteiger partial charge on any atom is -0.444 e. The smallest absolute Gasteiger partial charge is 0.410 e. The standard InChI is InChI=1S/C26H36N4O3/c1-18-8-9-22(19(2)16-18)30-23(21(17-27-30)24(31)28-12-6-7-13-28)20-10-14-29(15-11-20)25(32)33-26(3,4)5/h8-9,16-17,20H,6-7,10-15H2,1-5H3. The van der Waals surface area contributed by atoms with Crippen LogP contribution < -0.4 is 0 Å². The highest BCUT2D eigenvalue weighted by Crippen LogP contribution is 2.34. The van der Waals surface area contributed by atoms with Crippen LogP contribution in [0.2, 0.25) is 0 Å². The summed E-state index contributed by atoms with van der Waals surface area (Å²) < 4.78 is 7.53. The maximum Gasteiger partial charge on any atom is 0.410 e. The molecule has 33 heavy (non-hydrogen) atoms. The van der Waals surface area contributed by atoms with Gasteiger partial charge in [-0.1, -0.05) is 17.7 Å². The molecule has 3 heterocycles. The van der Waals surface area contributed by atoms with Crippen molar-refractivity contribution in [2.45, 2.75) is 71.8 Å². The highest BCUT2D eigenvalue weighted by Gasteiger charge is 2.33. The molecule has 0 saturated carbocycles. The van der Waals surface area contributed by atoms with Crippen molar-refractivity contribution in [3.05, 3.63) is 46.8 Å². The van der Waals surface area contributed by atoms with Crippen LogP contribution in [0.25, 0.3) is 5.69 Å². The average molecular weight is 453 g/mol. The van der Waals surface area contributed by atoms with Gasteiger partial charge in [-0.25, -0.2) is 9.48 Å². The number of carbonyl (C=O) groups is 2. The predicted octanol–water partition coefficient (Wildman–Crippen LogP) is 4.84. The van der Waals surface area contributed by atoms with Crippen LogP contribution in [-0.2, 0) is 4.74 Å². The molecule has 2 saturated heterocycles. The molecule has 2 aliphatic rings. The number of aromatic nitrogens is 2. The number of likely N-dealkylation sites (tertiary alicyclic amines) is 2. The summed E-state index contributed by atoms with van der Waals surface area (Å²) in [5.41, 5.74) is 4.50. The molecule has 1 aromatic carbocycles. The van der Waals surface area contributed by atoms with Crippen LogP contribution in [0.4, 0.5) is 4.79 Å². The van der Waals surface area contributed by atoms with Crippen molar-refractivity contribution < 1.29 is 14.3 Å². The number of ether oxygens (including phenoxy) is 1. The van der Waals surface area contributed by atoms with E-state index >= 15 is 0 Å². The lowest BCUT2D eigenvalue weighted by Crippen LogP contribution is -2.41. The van der Waals surface area contributed by atoms with Gasteiger partial charge < -0.3 is 14.5 Å². The second-order valence-corrected chi connectivity index (χ2v) is 10.4. The third-order valence-electron chi connectivity index (χ3n) is 6.54. The molecule has 0 bridgehead atoms. The van der Waals surface area contributed by atoms with Crippen LogP contribution in [0.1, 0.15) is 79.6 Å². The summed E-state index contributed by atoms with van der Waals surface area (Å²) in [6.45, 7) is 12.7. The fourth-order valence-corrected chi connectivity index (χ4v) is 4.90. The number of aryl methyl sites for hydroxylation is 2. The Morgan fingerprint density at radius 1 is 1.00 bits per heavy atom. The maximum absolute atomic E-state index is 13.4. The van der Waals surface area contributed by atoms with Gasteiger partial charge in [-0.3, -0.25) is 4.79 Å². The minimum absolute atomic E-state index is 0.0769. The van der Waals surface area contributed by atoms with Crippen LogP contribution in [0.15, 0.2) is 24.4 Å². The second-order valence-electron chi connectivity index (χ2n) is 10.4. The Balaban J connectivity index is 1.63. The van der Waals surface area contributed by atoms with Crippen molar-refractivity contribution in [2.75, 3.05) is 26.2 Å². The number of hydrogen-bond acceptors (Lipinski definition) is 4. The largest absolute Gasteiger partial charge is 0.444 e. The van der Waals surface area contributed by atoms with Gasteiger partial charge in [0.2, 0.25) is 0 Å². The normalized spacial score (nSPS) is 17.5. The van der Waals surface area contributed by atoms with Gasteiger partial charge in [0.05, 0.1) is 23.1 Å². The van der Waals surface area contributed by atoms with Crippen molar-refractivity contribution in [1.29, 1.82) is 0 Å². The highest BCUT2D eigenvalue weighted by molar-refractivity contribution is 5.95. The van der Waals surface area contributed by atoms with E-state index in [1.165, 1.54) is 5.56 Å². The number of hydrogen-bond donors (Lipinski definition) is 0. The number of amides is 2. The SMILES string of the molecule is Cc1ccc(-n2ncc(C(=O)N3CCCC3)c2C2CCN(C(=O)OC(C)(C)C)CC2)c(C)c1. The summed E-state index contributed by atoms with van der Waals surface area (Å²) in [6, 6.07) is 6.32. The first kappa shape index (κ1) is 23.3. The molecule has 0 unspecified atom stereocenters. The maximum atomic E-state index is 13.4. The Morgan fingerprint density at radius 3 is 2.27 bits per heavy atom. The molecule has 4 rings (SSSR count). The van der Waals surface area contributed by atoms with E-state index in [1.807, 2.05) is 30.4 Å². The molecule has 2 amide bonds. The Labute approximate surface area is 196 Å². The number of carbonyl (C=O) groups excluding carboxylic acids is 2. The Bertz CT molecular complexity index is 1020. The van der Waals surface area contributed by atoms with E-state index in [0.717, 1.165) is 55.7 Å². The van der Waals surface area contributed by atoms with Crippen LogP contribution in [0.5, 0.6) is 0 Å². The molecule has 0 atom stereocenters. The zero-order valence-corrected chi connectivity index (χ0v) is 20.6. The highest BCUT2D eigenvalue weighted by atomic mass is 16.6. The van der Waals surface area contributed by atoms with Gasteiger partial charge in [-0.05, 0) is 71.9 Å². The van der Waals surface area contributed by atoms with Gasteiger partial charge in [0.1, 0.15) is 5.60 Å². The monoisotopic (exact) mass is 452 g/mol. The molecule has 0 spiro atoms. The zero-order chi connectivity index (χ0) is 23.8. The van der Waals surface area contributed by atoms with Gasteiger partial charge in [0.15, 0.2) is 0 Å². The van der Waals surface area contributed by atoms with Gasteiger partial charge in [-0.15, -0.1) is 0 Å². The molecule has 7 nitrogen and oxygen atoms in total. The summed E-state index contributed by atoms with van der Waals surface area (Å²) in [7, 11) is 0. The molecular formula is C26H36N4O3. The first-order valence-electron chi connectivity index (χ1n) is 12.1. The zero-order valence-electron chi connectivity index (χ0n) is 20.6. The lowest BCUT2D eigenvalue weighted by Gasteiger charge is -2.34. The van der Waals surface area contributed by atoms with E-state index in [9.17, 15) is 9.59 Å². The van der Waals surface area contributed by atoms with E-state index in [2.05, 4.69) is 32.0 Å². The third-order valence-corrected chi connectivity index (χ3v) is 6.54. The lowest BCUT2D eigenvalue weighted by atomic mass is 9.90. The molecule has 7 heteroatoms. The van der Waals surface area contributed by atoms with Crippen LogP contribution in [-0.4, -0.2) is 63.4 Å². The molecule has 0 N–H and O–H groups in total. The van der Waals surface area contributed by atoms with Crippen molar-refractivity contribution in [2.24, 2.45) is 0 Å². The number of nitrogens with zero attached hydrogens (tertiary/aromatic N) is 4. The molecule has 2 aliphatic heterocycles. The Kier molecular flexibility index (Phi) is 6.50. The first-order chi connectivity index (χ1) is 15.6. The number of benzene rings is 1. The van der Waals surface area contributed by atoms with Crippen LogP contribution in [0, 0.1) is 13.8 Å². The van der Waals surface area contributed by atoms with Gasteiger partial charge in [0, 0.05) is 32.1 Å². The summed E-state index contributed by atoms with van der Waals surface area (Å²) in [5.74, 6) is 0.224. The van der Waals surface area contributed by atoms with Gasteiger partial charge in [0.25, 0.3) is 5.91 Å². The van der Waals surface area contributed by atoms with Crippen molar-refractivity contribution in [3.8, 4) is 5.69 Å². The van der Waals surface area contributed by atoms with Crippen LogP contribution >= 0.6 is 0 Å². The molecule has 178 valence electrons. The first-order valence-corrected chi connectivity index (χ1v) is 12.1. The van der Waals surface area contributed by atoms with Gasteiger partial charge >= 0.3 is 6.09 Å². The number of piperidine rings is 1. The van der Waals surface area contributed by atoms with Crippen molar-refractivity contribution in [3.63, 3.8) is 0 Å². The molecule has 0 aliphatic carbocycles. The van der Waals surface area contributed by atoms with Crippen molar-refractivity contribution >= 4 is 12.0 Å². The topological polar surface area (TPSA) is 67.7 Å². The summed E-state index contributed by atoms with van der Waals surface area (Å²) in [6.07, 6.45) is 5.14. The summed E-state index contributed by atoms with van der Waals surface area (Å²) in [4.78, 5) is 29.7. The third kappa shape index (κ3) is 5.07. The summed E-state index contributed by atoms with van der Waals surface area (Å²) in [5, 5.41) is 4.71. The summed E-state index contributed by atoms with van der Waals surface area (Å²) >= 11 is 0. The van der Waals surface area contributed by atoms with Gasteiger partial charge in [-0.2, -0.15) is 5.10 Å². The molecule has 1 aromatic heterocycles. The fourth-order valence-electron chi connectivity index (χ4n) is 4.90. The average Bonchev–Trinajstić information content (AvgIpc) is 3.43. The van der Waals surface area contributed by atoms with E-state index in [0.29, 0.717) is 18.7 Å².